The Labute approximate surface area is 136 Å². The summed E-state index contributed by atoms with van der Waals surface area (Å²) in [5, 5.41) is 9.35. The first kappa shape index (κ1) is 16.9. The van der Waals surface area contributed by atoms with E-state index >= 15 is 0 Å². The van der Waals surface area contributed by atoms with Gasteiger partial charge in [-0.15, -0.1) is 0 Å². The largest absolute Gasteiger partial charge is 0.508 e. The smallest absolute Gasteiger partial charge is 0.196 e. The number of phenolic OH excluding ortho intramolecular Hbond substituents is 1. The lowest BCUT2D eigenvalue weighted by molar-refractivity contribution is 0.103. The van der Waals surface area contributed by atoms with E-state index in [9.17, 15) is 9.90 Å². The lowest BCUT2D eigenvalue weighted by Gasteiger charge is -2.13. The predicted octanol–water partition coefficient (Wildman–Crippen LogP) is 4.20. The highest BCUT2D eigenvalue weighted by molar-refractivity contribution is 6.10. The number of rotatable bonds is 8. The standard InChI is InChI=1S/C19H22O4/c1-3-11-22-16-9-10-17(18(13-16)23-12-4-2)19(21)14-5-7-15(20)8-6-14/h5-10,13,20H,3-4,11-12H2,1-2H3. The van der Waals surface area contributed by atoms with Crippen LogP contribution in [0.2, 0.25) is 0 Å². The third-order valence-corrected chi connectivity index (χ3v) is 3.26. The van der Waals surface area contributed by atoms with Crippen molar-refractivity contribution >= 4 is 5.78 Å². The fourth-order valence-electron chi connectivity index (χ4n) is 2.10. The van der Waals surface area contributed by atoms with Crippen LogP contribution < -0.4 is 9.47 Å². The van der Waals surface area contributed by atoms with Crippen molar-refractivity contribution in [3.63, 3.8) is 0 Å². The number of ketones is 1. The molecular weight excluding hydrogens is 292 g/mol. The van der Waals surface area contributed by atoms with Gasteiger partial charge in [-0.05, 0) is 49.2 Å². The van der Waals surface area contributed by atoms with E-state index in [1.54, 1.807) is 30.3 Å². The molecule has 2 rings (SSSR count). The van der Waals surface area contributed by atoms with Crippen molar-refractivity contribution in [2.45, 2.75) is 26.7 Å². The monoisotopic (exact) mass is 314 g/mol. The van der Waals surface area contributed by atoms with E-state index in [4.69, 9.17) is 9.47 Å². The summed E-state index contributed by atoms with van der Waals surface area (Å²) in [6, 6.07) is 11.5. The average Bonchev–Trinajstić information content (AvgIpc) is 2.58. The fourth-order valence-corrected chi connectivity index (χ4v) is 2.10. The van der Waals surface area contributed by atoms with E-state index < -0.39 is 0 Å². The van der Waals surface area contributed by atoms with Gasteiger partial charge in [-0.3, -0.25) is 4.79 Å². The number of ether oxygens (including phenoxy) is 2. The minimum Gasteiger partial charge on any atom is -0.508 e. The Hall–Kier alpha value is -2.49. The molecule has 0 bridgehead atoms. The second-order valence-electron chi connectivity index (χ2n) is 5.23. The molecule has 0 aromatic heterocycles. The molecule has 0 saturated carbocycles. The Morgan fingerprint density at radius 3 is 2.26 bits per heavy atom. The van der Waals surface area contributed by atoms with E-state index in [-0.39, 0.29) is 11.5 Å². The topological polar surface area (TPSA) is 55.8 Å². The van der Waals surface area contributed by atoms with Gasteiger partial charge in [0.1, 0.15) is 17.2 Å². The molecule has 2 aromatic rings. The van der Waals surface area contributed by atoms with Gasteiger partial charge in [0.05, 0.1) is 18.8 Å². The van der Waals surface area contributed by atoms with Gasteiger partial charge in [0.2, 0.25) is 0 Å². The van der Waals surface area contributed by atoms with Crippen molar-refractivity contribution in [1.29, 1.82) is 0 Å². The van der Waals surface area contributed by atoms with Crippen molar-refractivity contribution in [3.8, 4) is 17.2 Å². The number of carbonyl (C=O) groups is 1. The lowest BCUT2D eigenvalue weighted by Crippen LogP contribution is -2.07. The maximum atomic E-state index is 12.7. The molecule has 1 N–H and O–H groups in total. The van der Waals surface area contributed by atoms with Crippen LogP contribution in [0.25, 0.3) is 0 Å². The van der Waals surface area contributed by atoms with Crippen molar-refractivity contribution in [1.82, 2.24) is 0 Å². The summed E-state index contributed by atoms with van der Waals surface area (Å²) in [5.41, 5.74) is 0.999. The normalized spacial score (nSPS) is 10.3. The zero-order valence-electron chi connectivity index (χ0n) is 13.5. The summed E-state index contributed by atoms with van der Waals surface area (Å²) >= 11 is 0. The van der Waals surface area contributed by atoms with E-state index in [1.165, 1.54) is 12.1 Å². The number of phenols is 1. The molecule has 0 aliphatic rings. The molecule has 4 heteroatoms. The number of carbonyl (C=O) groups excluding carboxylic acids is 1. The van der Waals surface area contributed by atoms with Crippen molar-refractivity contribution < 1.29 is 19.4 Å². The second kappa shape index (κ2) is 8.22. The highest BCUT2D eigenvalue weighted by Gasteiger charge is 2.16. The second-order valence-corrected chi connectivity index (χ2v) is 5.23. The summed E-state index contributed by atoms with van der Waals surface area (Å²) in [6.45, 7) is 5.21. The Morgan fingerprint density at radius 2 is 1.61 bits per heavy atom. The SMILES string of the molecule is CCCOc1ccc(C(=O)c2ccc(O)cc2)c(OCCC)c1. The molecule has 23 heavy (non-hydrogen) atoms. The van der Waals surface area contributed by atoms with Gasteiger partial charge in [0, 0.05) is 11.6 Å². The molecule has 0 aliphatic heterocycles. The predicted molar refractivity (Wildman–Crippen MR) is 89.6 cm³/mol. The zero-order chi connectivity index (χ0) is 16.7. The quantitative estimate of drug-likeness (QED) is 0.742. The molecular formula is C19H22O4. The van der Waals surface area contributed by atoms with Crippen LogP contribution in [0.3, 0.4) is 0 Å². The van der Waals surface area contributed by atoms with Crippen LogP contribution in [-0.4, -0.2) is 24.1 Å². The first-order valence-electron chi connectivity index (χ1n) is 7.89. The van der Waals surface area contributed by atoms with Crippen LogP contribution in [0, 0.1) is 0 Å². The number of benzene rings is 2. The van der Waals surface area contributed by atoms with Crippen LogP contribution in [-0.2, 0) is 0 Å². The Kier molecular flexibility index (Phi) is 6.03. The Balaban J connectivity index is 2.31. The first-order chi connectivity index (χ1) is 11.2. The third kappa shape index (κ3) is 4.49. The van der Waals surface area contributed by atoms with Crippen LogP contribution in [0.1, 0.15) is 42.6 Å². The summed E-state index contributed by atoms with van der Waals surface area (Å²) in [7, 11) is 0. The molecule has 122 valence electrons. The van der Waals surface area contributed by atoms with Gasteiger partial charge in [0.25, 0.3) is 0 Å². The molecule has 0 fully saturated rings. The Morgan fingerprint density at radius 1 is 0.957 bits per heavy atom. The van der Waals surface area contributed by atoms with Crippen molar-refractivity contribution in [2.75, 3.05) is 13.2 Å². The van der Waals surface area contributed by atoms with Crippen LogP contribution in [0.4, 0.5) is 0 Å². The summed E-state index contributed by atoms with van der Waals surface area (Å²) in [4.78, 5) is 12.7. The van der Waals surface area contributed by atoms with E-state index in [0.29, 0.717) is 35.8 Å². The highest BCUT2D eigenvalue weighted by atomic mass is 16.5. The molecule has 0 spiro atoms. The van der Waals surface area contributed by atoms with Crippen molar-refractivity contribution in [3.05, 3.63) is 53.6 Å². The lowest BCUT2D eigenvalue weighted by atomic mass is 10.0. The first-order valence-corrected chi connectivity index (χ1v) is 7.89. The van der Waals surface area contributed by atoms with Gasteiger partial charge in [-0.25, -0.2) is 0 Å². The van der Waals surface area contributed by atoms with Gasteiger partial charge >= 0.3 is 0 Å². The zero-order valence-corrected chi connectivity index (χ0v) is 13.5. The maximum absolute atomic E-state index is 12.7. The van der Waals surface area contributed by atoms with Gasteiger partial charge in [0.15, 0.2) is 5.78 Å². The molecule has 0 heterocycles. The van der Waals surface area contributed by atoms with Gasteiger partial charge in [-0.1, -0.05) is 13.8 Å². The molecule has 2 aromatic carbocycles. The summed E-state index contributed by atoms with van der Waals surface area (Å²) in [6.07, 6.45) is 1.77. The molecule has 0 radical (unpaired) electrons. The van der Waals surface area contributed by atoms with Crippen LogP contribution in [0.15, 0.2) is 42.5 Å². The van der Waals surface area contributed by atoms with Gasteiger partial charge < -0.3 is 14.6 Å². The molecule has 0 unspecified atom stereocenters. The molecule has 0 amide bonds. The average molecular weight is 314 g/mol. The number of hydrogen-bond acceptors (Lipinski definition) is 4. The minimum atomic E-state index is -0.141. The molecule has 0 atom stereocenters. The van der Waals surface area contributed by atoms with Gasteiger partial charge in [-0.2, -0.15) is 0 Å². The maximum Gasteiger partial charge on any atom is 0.196 e. The fraction of sp³-hybridized carbons (Fsp3) is 0.316. The van der Waals surface area contributed by atoms with E-state index in [2.05, 4.69) is 0 Å². The Bertz CT molecular complexity index is 647. The molecule has 0 saturated heterocycles. The molecule has 0 aliphatic carbocycles. The van der Waals surface area contributed by atoms with Crippen molar-refractivity contribution in [2.24, 2.45) is 0 Å². The van der Waals surface area contributed by atoms with Crippen LogP contribution >= 0.6 is 0 Å². The minimum absolute atomic E-state index is 0.132. The molecule has 4 nitrogen and oxygen atoms in total. The third-order valence-electron chi connectivity index (χ3n) is 3.26. The van der Waals surface area contributed by atoms with E-state index in [0.717, 1.165) is 12.8 Å². The number of aromatic hydroxyl groups is 1. The number of hydrogen-bond donors (Lipinski definition) is 1. The summed E-state index contributed by atoms with van der Waals surface area (Å²) in [5.74, 6) is 1.21. The summed E-state index contributed by atoms with van der Waals surface area (Å²) < 4.78 is 11.3. The van der Waals surface area contributed by atoms with E-state index in [1.807, 2.05) is 13.8 Å². The highest BCUT2D eigenvalue weighted by Crippen LogP contribution is 2.28. The van der Waals surface area contributed by atoms with Crippen LogP contribution in [0.5, 0.6) is 17.2 Å².